The van der Waals surface area contributed by atoms with Gasteiger partial charge in [0.25, 0.3) is 0 Å². The maximum absolute atomic E-state index is 5.68. The second-order valence-electron chi connectivity index (χ2n) is 4.11. The molecule has 0 bridgehead atoms. The van der Waals surface area contributed by atoms with E-state index in [0.29, 0.717) is 12.7 Å². The highest BCUT2D eigenvalue weighted by atomic mass is 16.5. The molecule has 1 aromatic carbocycles. The van der Waals surface area contributed by atoms with E-state index in [1.165, 1.54) is 18.4 Å². The molecule has 2 nitrogen and oxygen atoms in total. The van der Waals surface area contributed by atoms with Gasteiger partial charge in [0.05, 0.1) is 6.10 Å². The monoisotopic (exact) mass is 206 g/mol. The van der Waals surface area contributed by atoms with Gasteiger partial charge in [0.1, 0.15) is 12.4 Å². The topological polar surface area (TPSA) is 18.5 Å². The van der Waals surface area contributed by atoms with Crippen LogP contribution in [-0.4, -0.2) is 19.3 Å². The highest BCUT2D eigenvalue weighted by Crippen LogP contribution is 2.16. The average Bonchev–Trinajstić information content (AvgIpc) is 2.30. The normalized spacial score (nSPS) is 21.3. The molecule has 2 heteroatoms. The van der Waals surface area contributed by atoms with Crippen LogP contribution < -0.4 is 4.74 Å². The molecule has 0 aromatic heterocycles. The summed E-state index contributed by atoms with van der Waals surface area (Å²) in [4.78, 5) is 0. The fourth-order valence-corrected chi connectivity index (χ4v) is 1.76. The van der Waals surface area contributed by atoms with Gasteiger partial charge in [0.2, 0.25) is 0 Å². The summed E-state index contributed by atoms with van der Waals surface area (Å²) in [5.74, 6) is 0.940. The maximum atomic E-state index is 5.68. The van der Waals surface area contributed by atoms with Gasteiger partial charge in [-0.05, 0) is 38.3 Å². The number of hydrogen-bond donors (Lipinski definition) is 0. The largest absolute Gasteiger partial charge is 0.491 e. The van der Waals surface area contributed by atoms with Crippen molar-refractivity contribution in [2.45, 2.75) is 32.3 Å². The van der Waals surface area contributed by atoms with Crippen molar-refractivity contribution in [1.29, 1.82) is 0 Å². The lowest BCUT2D eigenvalue weighted by molar-refractivity contribution is -0.0110. The van der Waals surface area contributed by atoms with Crippen molar-refractivity contribution in [3.63, 3.8) is 0 Å². The van der Waals surface area contributed by atoms with Crippen molar-refractivity contribution in [1.82, 2.24) is 0 Å². The zero-order chi connectivity index (χ0) is 10.5. The third kappa shape index (κ3) is 3.24. The predicted molar refractivity (Wildman–Crippen MR) is 60.3 cm³/mol. The van der Waals surface area contributed by atoms with Crippen LogP contribution in [0.25, 0.3) is 0 Å². The lowest BCUT2D eigenvalue weighted by atomic mass is 10.1. The van der Waals surface area contributed by atoms with E-state index in [-0.39, 0.29) is 0 Å². The molecule has 0 spiro atoms. The van der Waals surface area contributed by atoms with Crippen LogP contribution in [0.5, 0.6) is 5.75 Å². The molecule has 0 unspecified atom stereocenters. The fraction of sp³-hybridized carbons (Fsp3) is 0.538. The highest BCUT2D eigenvalue weighted by Gasteiger charge is 2.14. The summed E-state index contributed by atoms with van der Waals surface area (Å²) in [7, 11) is 0. The Hall–Kier alpha value is -1.02. The van der Waals surface area contributed by atoms with Gasteiger partial charge in [-0.15, -0.1) is 0 Å². The Balaban J connectivity index is 1.79. The van der Waals surface area contributed by atoms with Gasteiger partial charge in [-0.25, -0.2) is 0 Å². The Bertz CT molecular complexity index is 286. The van der Waals surface area contributed by atoms with E-state index in [9.17, 15) is 0 Å². The number of hydrogen-bond acceptors (Lipinski definition) is 2. The molecule has 1 saturated heterocycles. The van der Waals surface area contributed by atoms with E-state index in [0.717, 1.165) is 18.8 Å². The Morgan fingerprint density at radius 3 is 2.73 bits per heavy atom. The van der Waals surface area contributed by atoms with Gasteiger partial charge in [0.15, 0.2) is 0 Å². The molecule has 1 heterocycles. The van der Waals surface area contributed by atoms with Crippen molar-refractivity contribution >= 4 is 0 Å². The SMILES string of the molecule is Cc1ccc(OC[C@@H]2CCCCO2)cc1. The molecule has 15 heavy (non-hydrogen) atoms. The van der Waals surface area contributed by atoms with Crippen LogP contribution in [0, 0.1) is 6.92 Å². The first kappa shape index (κ1) is 10.5. The van der Waals surface area contributed by atoms with Gasteiger partial charge in [-0.3, -0.25) is 0 Å². The summed E-state index contributed by atoms with van der Waals surface area (Å²) >= 11 is 0. The lowest BCUT2D eigenvalue weighted by Crippen LogP contribution is -2.25. The standard InChI is InChI=1S/C13H18O2/c1-11-5-7-12(8-6-11)15-10-13-4-2-3-9-14-13/h5-8,13H,2-4,9-10H2,1H3/t13-/m0/s1. The number of rotatable bonds is 3. The first-order chi connectivity index (χ1) is 7.34. The summed E-state index contributed by atoms with van der Waals surface area (Å²) in [6, 6.07) is 8.16. The van der Waals surface area contributed by atoms with Crippen LogP contribution in [0.1, 0.15) is 24.8 Å². The van der Waals surface area contributed by atoms with Gasteiger partial charge in [-0.1, -0.05) is 17.7 Å². The Labute approximate surface area is 91.2 Å². The van der Waals surface area contributed by atoms with Crippen molar-refractivity contribution < 1.29 is 9.47 Å². The molecule has 0 radical (unpaired) electrons. The molecular formula is C13H18O2. The molecule has 0 saturated carbocycles. The van der Waals surface area contributed by atoms with Crippen LogP contribution in [0.4, 0.5) is 0 Å². The minimum Gasteiger partial charge on any atom is -0.491 e. The summed E-state index contributed by atoms with van der Waals surface area (Å²) in [5.41, 5.74) is 1.26. The van der Waals surface area contributed by atoms with Crippen LogP contribution >= 0.6 is 0 Å². The smallest absolute Gasteiger partial charge is 0.119 e. The lowest BCUT2D eigenvalue weighted by Gasteiger charge is -2.22. The Morgan fingerprint density at radius 1 is 1.27 bits per heavy atom. The third-order valence-corrected chi connectivity index (χ3v) is 2.73. The summed E-state index contributed by atoms with van der Waals surface area (Å²) in [5, 5.41) is 0. The average molecular weight is 206 g/mol. The number of aryl methyl sites for hydroxylation is 1. The molecule has 82 valence electrons. The van der Waals surface area contributed by atoms with E-state index in [2.05, 4.69) is 19.1 Å². The summed E-state index contributed by atoms with van der Waals surface area (Å²) in [6.45, 7) is 3.65. The quantitative estimate of drug-likeness (QED) is 0.757. The van der Waals surface area contributed by atoms with E-state index in [1.807, 2.05) is 12.1 Å². The van der Waals surface area contributed by atoms with Crippen molar-refractivity contribution in [2.75, 3.05) is 13.2 Å². The van der Waals surface area contributed by atoms with Crippen LogP contribution in [0.3, 0.4) is 0 Å². The molecule has 0 amide bonds. The van der Waals surface area contributed by atoms with Gasteiger partial charge in [-0.2, -0.15) is 0 Å². The van der Waals surface area contributed by atoms with Crippen LogP contribution in [0.15, 0.2) is 24.3 Å². The third-order valence-electron chi connectivity index (χ3n) is 2.73. The van der Waals surface area contributed by atoms with E-state index >= 15 is 0 Å². The molecule has 2 rings (SSSR count). The minimum atomic E-state index is 0.292. The van der Waals surface area contributed by atoms with Crippen LogP contribution in [-0.2, 0) is 4.74 Å². The fourth-order valence-electron chi connectivity index (χ4n) is 1.76. The van der Waals surface area contributed by atoms with Gasteiger partial charge < -0.3 is 9.47 Å². The van der Waals surface area contributed by atoms with Crippen molar-refractivity contribution in [3.8, 4) is 5.75 Å². The minimum absolute atomic E-state index is 0.292. The van der Waals surface area contributed by atoms with E-state index < -0.39 is 0 Å². The first-order valence-electron chi connectivity index (χ1n) is 5.66. The summed E-state index contributed by atoms with van der Waals surface area (Å²) in [6.07, 6.45) is 3.88. The van der Waals surface area contributed by atoms with E-state index in [1.54, 1.807) is 0 Å². The molecular weight excluding hydrogens is 188 g/mol. The van der Waals surface area contributed by atoms with Crippen molar-refractivity contribution in [2.24, 2.45) is 0 Å². The number of ether oxygens (including phenoxy) is 2. The second kappa shape index (κ2) is 5.17. The van der Waals surface area contributed by atoms with E-state index in [4.69, 9.17) is 9.47 Å². The molecule has 0 N–H and O–H groups in total. The zero-order valence-electron chi connectivity index (χ0n) is 9.24. The molecule has 1 atom stereocenters. The van der Waals surface area contributed by atoms with Crippen LogP contribution in [0.2, 0.25) is 0 Å². The molecule has 1 fully saturated rings. The summed E-state index contributed by atoms with van der Waals surface area (Å²) < 4.78 is 11.3. The molecule has 0 aliphatic carbocycles. The van der Waals surface area contributed by atoms with Gasteiger partial charge in [0, 0.05) is 6.61 Å². The second-order valence-corrected chi connectivity index (χ2v) is 4.11. The van der Waals surface area contributed by atoms with Crippen molar-refractivity contribution in [3.05, 3.63) is 29.8 Å². The molecule has 1 aliphatic rings. The maximum Gasteiger partial charge on any atom is 0.119 e. The molecule has 1 aromatic rings. The first-order valence-corrected chi connectivity index (χ1v) is 5.66. The predicted octanol–water partition coefficient (Wildman–Crippen LogP) is 2.94. The zero-order valence-corrected chi connectivity index (χ0v) is 9.24. The Kier molecular flexibility index (Phi) is 3.62. The highest BCUT2D eigenvalue weighted by molar-refractivity contribution is 5.26. The molecule has 1 aliphatic heterocycles. The Morgan fingerprint density at radius 2 is 2.07 bits per heavy atom. The van der Waals surface area contributed by atoms with Gasteiger partial charge >= 0.3 is 0 Å². The number of benzene rings is 1.